The molecule has 6 aromatic rings. The van der Waals surface area contributed by atoms with E-state index < -0.39 is 0 Å². The molecule has 3 nitrogen and oxygen atoms in total. The molecule has 0 radical (unpaired) electrons. The molecule has 1 aliphatic rings. The Morgan fingerprint density at radius 2 is 1.24 bits per heavy atom. The van der Waals surface area contributed by atoms with Gasteiger partial charge in [-0.3, -0.25) is 0 Å². The van der Waals surface area contributed by atoms with Crippen molar-refractivity contribution in [3.05, 3.63) is 142 Å². The first-order valence-electron chi connectivity index (χ1n) is 19.3. The van der Waals surface area contributed by atoms with E-state index in [2.05, 4.69) is 122 Å². The highest BCUT2D eigenvalue weighted by Crippen LogP contribution is 2.32. The smallest absolute Gasteiger partial charge is 0.124 e. The summed E-state index contributed by atoms with van der Waals surface area (Å²) in [6, 6.07) is 38.4. The van der Waals surface area contributed by atoms with Crippen molar-refractivity contribution >= 4 is 32.8 Å². The molecular weight excluding hydrogens is 708 g/mol. The van der Waals surface area contributed by atoms with Gasteiger partial charge >= 0.3 is 0 Å². The maximum absolute atomic E-state index is 12.7. The molecule has 0 saturated carbocycles. The Morgan fingerprint density at radius 3 is 1.74 bits per heavy atom. The molecule has 4 aromatic carbocycles. The number of hydrogen-bond acceptors (Lipinski definition) is 5. The lowest BCUT2D eigenvalue weighted by Gasteiger charge is -2.12. The fraction of sp³-hybridized carbons (Fsp3) is 0.375. The highest BCUT2D eigenvalue weighted by molar-refractivity contribution is 7.19. The van der Waals surface area contributed by atoms with Crippen LogP contribution in [0.25, 0.3) is 20.5 Å². The molecule has 288 valence electrons. The molecular formula is C48H59FO3S2. The standard InChI is InChI=1S/C13H13FS.C13H18O2.C11H16O.C11H12S/c1-9(2)12-7-8-13(15-12)10-3-5-11(14)6-4-10;1-10(2)11-3-5-12(6-4-11)15-13-7-8-14-9-13;1-4-12-11-7-5-10(6-8-11)9(2)3;1-8(2)11-7-9-5-3-4-6-10(9)12-11/h3-9H,1-2H3;3-6,10,13H,7-9H2,1-2H3;5-9H,4H2,1-3H3;3-8H,1-2H3/t;13-;;/m.0../s1. The summed E-state index contributed by atoms with van der Waals surface area (Å²) in [4.78, 5) is 4.06. The van der Waals surface area contributed by atoms with Crippen LogP contribution in [0.4, 0.5) is 4.39 Å². The van der Waals surface area contributed by atoms with Crippen molar-refractivity contribution in [1.82, 2.24) is 0 Å². The Hall–Kier alpha value is -3.97. The average molecular weight is 767 g/mol. The van der Waals surface area contributed by atoms with E-state index in [0.29, 0.717) is 23.7 Å². The van der Waals surface area contributed by atoms with E-state index in [1.165, 1.54) is 48.0 Å². The molecule has 0 bridgehead atoms. The highest BCUT2D eigenvalue weighted by atomic mass is 32.1. The van der Waals surface area contributed by atoms with Crippen LogP contribution in [0.3, 0.4) is 0 Å². The topological polar surface area (TPSA) is 27.7 Å². The lowest BCUT2D eigenvalue weighted by atomic mass is 10.0. The molecule has 6 heteroatoms. The Bertz CT molecular complexity index is 1880. The van der Waals surface area contributed by atoms with Crippen LogP contribution in [0.5, 0.6) is 11.5 Å². The lowest BCUT2D eigenvalue weighted by molar-refractivity contribution is 0.141. The lowest BCUT2D eigenvalue weighted by Crippen LogP contribution is -2.15. The Balaban J connectivity index is 0.000000161. The first-order chi connectivity index (χ1) is 25.9. The van der Waals surface area contributed by atoms with Gasteiger partial charge in [0.1, 0.15) is 23.4 Å². The molecule has 0 N–H and O–H groups in total. The summed E-state index contributed by atoms with van der Waals surface area (Å²) in [6.07, 6.45) is 1.25. The second-order valence-electron chi connectivity index (χ2n) is 14.7. The minimum atomic E-state index is -0.181. The third-order valence-electron chi connectivity index (χ3n) is 8.93. The van der Waals surface area contributed by atoms with Gasteiger partial charge in [0.25, 0.3) is 0 Å². The van der Waals surface area contributed by atoms with Gasteiger partial charge in [-0.2, -0.15) is 0 Å². The Kier molecular flexibility index (Phi) is 17.3. The van der Waals surface area contributed by atoms with Crippen LogP contribution in [0, 0.1) is 5.82 Å². The Labute approximate surface area is 332 Å². The number of ether oxygens (including phenoxy) is 3. The third-order valence-corrected chi connectivity index (χ3v) is 11.8. The van der Waals surface area contributed by atoms with Crippen molar-refractivity contribution in [1.29, 1.82) is 0 Å². The number of rotatable bonds is 9. The van der Waals surface area contributed by atoms with E-state index in [9.17, 15) is 4.39 Å². The number of hydrogen-bond donors (Lipinski definition) is 0. The SMILES string of the molecule is CC(C)c1cc2ccccc2s1.CC(C)c1ccc(-c2ccc(F)cc2)s1.CC(C)c1ccc(O[C@H]2CCOC2)cc1.CCOc1ccc(C(C)C)cc1. The van der Waals surface area contributed by atoms with Crippen LogP contribution in [0.2, 0.25) is 0 Å². The van der Waals surface area contributed by atoms with Crippen molar-refractivity contribution in [2.24, 2.45) is 0 Å². The number of thiophene rings is 2. The van der Waals surface area contributed by atoms with Gasteiger partial charge in [0.05, 0.1) is 19.8 Å². The fourth-order valence-corrected chi connectivity index (χ4v) is 7.65. The number of fused-ring (bicyclic) bond motifs is 1. The Morgan fingerprint density at radius 1 is 0.648 bits per heavy atom. The van der Waals surface area contributed by atoms with Crippen LogP contribution in [0.15, 0.2) is 115 Å². The summed E-state index contributed by atoms with van der Waals surface area (Å²) < 4.78 is 30.5. The van der Waals surface area contributed by atoms with Crippen molar-refractivity contribution in [3.63, 3.8) is 0 Å². The molecule has 1 aliphatic heterocycles. The van der Waals surface area contributed by atoms with Crippen molar-refractivity contribution in [2.75, 3.05) is 19.8 Å². The molecule has 54 heavy (non-hydrogen) atoms. The van der Waals surface area contributed by atoms with E-state index in [0.717, 1.165) is 43.3 Å². The zero-order valence-electron chi connectivity index (χ0n) is 33.6. The van der Waals surface area contributed by atoms with Crippen LogP contribution >= 0.6 is 22.7 Å². The van der Waals surface area contributed by atoms with Gasteiger partial charge in [-0.05, 0) is 113 Å². The van der Waals surface area contributed by atoms with Crippen LogP contribution in [0.1, 0.15) is 113 Å². The molecule has 1 atom stereocenters. The first kappa shape index (κ1) is 42.8. The normalized spacial score (nSPS) is 13.6. The van der Waals surface area contributed by atoms with Gasteiger partial charge in [0.15, 0.2) is 0 Å². The average Bonchev–Trinajstić information content (AvgIpc) is 3.96. The molecule has 0 unspecified atom stereocenters. The van der Waals surface area contributed by atoms with E-state index in [4.69, 9.17) is 14.2 Å². The van der Waals surface area contributed by atoms with Crippen LogP contribution in [-0.4, -0.2) is 25.9 Å². The minimum absolute atomic E-state index is 0.181. The summed E-state index contributed by atoms with van der Waals surface area (Å²) in [7, 11) is 0. The molecule has 1 saturated heterocycles. The van der Waals surface area contributed by atoms with E-state index >= 15 is 0 Å². The van der Waals surface area contributed by atoms with E-state index in [-0.39, 0.29) is 11.9 Å². The summed E-state index contributed by atoms with van der Waals surface area (Å²) in [5.41, 5.74) is 3.80. The summed E-state index contributed by atoms with van der Waals surface area (Å²) in [6.45, 7) is 21.9. The molecule has 3 heterocycles. The monoisotopic (exact) mass is 766 g/mol. The van der Waals surface area contributed by atoms with Gasteiger partial charge in [-0.25, -0.2) is 4.39 Å². The quantitative estimate of drug-likeness (QED) is 0.147. The predicted molar refractivity (Wildman–Crippen MR) is 232 cm³/mol. The highest BCUT2D eigenvalue weighted by Gasteiger charge is 2.17. The second-order valence-corrected chi connectivity index (χ2v) is 16.9. The number of halogens is 1. The zero-order chi connectivity index (χ0) is 39.0. The predicted octanol–water partition coefficient (Wildman–Crippen LogP) is 14.9. The molecule has 1 fully saturated rings. The maximum atomic E-state index is 12.7. The van der Waals surface area contributed by atoms with Gasteiger partial charge in [-0.1, -0.05) is 110 Å². The van der Waals surface area contributed by atoms with Gasteiger partial charge in [0.2, 0.25) is 0 Å². The fourth-order valence-electron chi connectivity index (χ4n) is 5.56. The van der Waals surface area contributed by atoms with Crippen molar-refractivity contribution in [2.45, 2.75) is 98.5 Å². The maximum Gasteiger partial charge on any atom is 0.124 e. The number of benzene rings is 4. The van der Waals surface area contributed by atoms with Gasteiger partial charge in [0, 0.05) is 25.8 Å². The molecule has 0 spiro atoms. The van der Waals surface area contributed by atoms with Crippen molar-refractivity contribution in [3.8, 4) is 21.9 Å². The van der Waals surface area contributed by atoms with Gasteiger partial charge in [-0.15, -0.1) is 22.7 Å². The summed E-state index contributed by atoms with van der Waals surface area (Å²) in [5, 5.41) is 1.38. The van der Waals surface area contributed by atoms with Crippen LogP contribution < -0.4 is 9.47 Å². The van der Waals surface area contributed by atoms with Gasteiger partial charge < -0.3 is 14.2 Å². The van der Waals surface area contributed by atoms with E-state index in [1.807, 2.05) is 54.7 Å². The van der Waals surface area contributed by atoms with E-state index in [1.54, 1.807) is 11.3 Å². The molecule has 2 aromatic heterocycles. The minimum Gasteiger partial charge on any atom is -0.494 e. The largest absolute Gasteiger partial charge is 0.494 e. The summed E-state index contributed by atoms with van der Waals surface area (Å²) >= 11 is 3.68. The molecule has 7 rings (SSSR count). The molecule has 0 aliphatic carbocycles. The summed E-state index contributed by atoms with van der Waals surface area (Å²) in [5.74, 6) is 4.12. The first-order valence-corrected chi connectivity index (χ1v) is 21.0. The zero-order valence-corrected chi connectivity index (χ0v) is 35.2. The third kappa shape index (κ3) is 13.7. The molecule has 0 amide bonds. The van der Waals surface area contributed by atoms with Crippen molar-refractivity contribution < 1.29 is 18.6 Å². The van der Waals surface area contributed by atoms with Crippen LogP contribution in [-0.2, 0) is 4.74 Å². The second kappa shape index (κ2) is 21.8.